The number of aromatic nitrogens is 4. The fourth-order valence-electron chi connectivity index (χ4n) is 5.72. The number of methoxy groups -OCH3 is 1. The first-order chi connectivity index (χ1) is 18.7. The fraction of sp³-hybridized carbons (Fsp3) is 0.393. The van der Waals surface area contributed by atoms with Crippen LogP contribution < -0.4 is 9.64 Å². The van der Waals surface area contributed by atoms with Gasteiger partial charge in [-0.1, -0.05) is 18.2 Å². The van der Waals surface area contributed by atoms with Crippen molar-refractivity contribution in [3.8, 4) is 28.3 Å². The van der Waals surface area contributed by atoms with Gasteiger partial charge in [0.05, 0.1) is 25.0 Å². The molecule has 2 fully saturated rings. The molecule has 0 radical (unpaired) electrons. The molecular formula is C28H32N6O4S. The van der Waals surface area contributed by atoms with E-state index < -0.39 is 10.1 Å². The molecule has 0 bridgehead atoms. The van der Waals surface area contributed by atoms with E-state index in [1.165, 1.54) is 5.56 Å². The third-order valence-corrected chi connectivity index (χ3v) is 8.44. The van der Waals surface area contributed by atoms with Crippen molar-refractivity contribution < 1.29 is 17.3 Å². The van der Waals surface area contributed by atoms with E-state index in [2.05, 4.69) is 46.0 Å². The SMILES string of the molecule is COc1cc2[nH]nc(-c3ccc(N4CCN5C[C@H](OS(C)(=O)=O)C[C@H]5C4)nc3)c2nc1-c1cccc(C)c1C. The minimum absolute atomic E-state index is 0.241. The Hall–Kier alpha value is -3.54. The van der Waals surface area contributed by atoms with Crippen LogP contribution in [-0.2, 0) is 14.3 Å². The van der Waals surface area contributed by atoms with E-state index in [4.69, 9.17) is 18.9 Å². The topological polar surface area (TPSA) is 114 Å². The van der Waals surface area contributed by atoms with Crippen LogP contribution in [0.15, 0.2) is 42.6 Å². The summed E-state index contributed by atoms with van der Waals surface area (Å²) in [6, 6.07) is 12.4. The zero-order valence-electron chi connectivity index (χ0n) is 22.5. The summed E-state index contributed by atoms with van der Waals surface area (Å²) < 4.78 is 34.1. The molecule has 3 aromatic heterocycles. The van der Waals surface area contributed by atoms with Gasteiger partial charge in [0.15, 0.2) is 0 Å². The lowest BCUT2D eigenvalue weighted by atomic mass is 9.99. The summed E-state index contributed by atoms with van der Waals surface area (Å²) in [6.45, 7) is 7.27. The first-order valence-electron chi connectivity index (χ1n) is 13.0. The largest absolute Gasteiger partial charge is 0.494 e. The lowest BCUT2D eigenvalue weighted by Gasteiger charge is -2.37. The summed E-state index contributed by atoms with van der Waals surface area (Å²) >= 11 is 0. The number of piperazine rings is 1. The molecule has 2 aliphatic rings. The van der Waals surface area contributed by atoms with Gasteiger partial charge in [-0.2, -0.15) is 13.5 Å². The minimum Gasteiger partial charge on any atom is -0.494 e. The second kappa shape index (κ2) is 9.89. The van der Waals surface area contributed by atoms with Crippen LogP contribution in [0, 0.1) is 13.8 Å². The molecule has 204 valence electrons. The molecule has 0 unspecified atom stereocenters. The van der Waals surface area contributed by atoms with Gasteiger partial charge in [-0.05, 0) is 43.5 Å². The van der Waals surface area contributed by atoms with E-state index in [-0.39, 0.29) is 12.1 Å². The summed E-state index contributed by atoms with van der Waals surface area (Å²) in [6.07, 6.45) is 3.36. The van der Waals surface area contributed by atoms with Crippen LogP contribution in [0.2, 0.25) is 0 Å². The number of pyridine rings is 2. The van der Waals surface area contributed by atoms with Crippen LogP contribution in [0.1, 0.15) is 17.5 Å². The van der Waals surface area contributed by atoms with Gasteiger partial charge in [-0.25, -0.2) is 9.97 Å². The highest BCUT2D eigenvalue weighted by molar-refractivity contribution is 7.86. The van der Waals surface area contributed by atoms with E-state index in [1.807, 2.05) is 30.5 Å². The molecule has 1 aromatic carbocycles. The van der Waals surface area contributed by atoms with Crippen molar-refractivity contribution in [2.75, 3.05) is 44.4 Å². The molecule has 1 N–H and O–H groups in total. The smallest absolute Gasteiger partial charge is 0.264 e. The molecule has 0 spiro atoms. The molecule has 0 amide bonds. The fourth-order valence-corrected chi connectivity index (χ4v) is 6.36. The summed E-state index contributed by atoms with van der Waals surface area (Å²) in [5.74, 6) is 1.58. The number of anilines is 1. The average Bonchev–Trinajstić information content (AvgIpc) is 3.51. The van der Waals surface area contributed by atoms with Crippen LogP contribution in [0.25, 0.3) is 33.5 Å². The van der Waals surface area contributed by atoms with Gasteiger partial charge in [-0.15, -0.1) is 0 Å². The normalized spacial score (nSPS) is 19.9. The maximum absolute atomic E-state index is 11.6. The van der Waals surface area contributed by atoms with E-state index in [0.29, 0.717) is 18.7 Å². The average molecular weight is 549 g/mol. The zero-order chi connectivity index (χ0) is 27.3. The molecule has 0 saturated carbocycles. The maximum Gasteiger partial charge on any atom is 0.264 e. The molecule has 5 heterocycles. The molecule has 0 aliphatic carbocycles. The van der Waals surface area contributed by atoms with Crippen LogP contribution in [0.3, 0.4) is 0 Å². The number of nitrogens with one attached hydrogen (secondary N) is 1. The van der Waals surface area contributed by atoms with Crippen LogP contribution in [0.4, 0.5) is 5.82 Å². The van der Waals surface area contributed by atoms with E-state index in [9.17, 15) is 8.42 Å². The summed E-state index contributed by atoms with van der Waals surface area (Å²) in [5.41, 5.74) is 7.34. The standard InChI is InChI=1S/C28H32N6O4S/c1-17-6-5-7-22(18(17)2)27-24(37-3)13-23-28(30-27)26(32-31-23)19-8-9-25(29-14-19)34-11-10-33-16-21(12-20(33)15-34)38-39(4,35)36/h5-9,13-14,20-21H,10-12,15-16H2,1-4H3,(H,31,32)/t20-,21+/m0/s1. The highest BCUT2D eigenvalue weighted by Gasteiger charge is 2.38. The van der Waals surface area contributed by atoms with Crippen LogP contribution in [-0.4, -0.2) is 85.2 Å². The number of aryl methyl sites for hydroxylation is 1. The number of benzene rings is 1. The monoisotopic (exact) mass is 548 g/mol. The Labute approximate surface area is 228 Å². The predicted molar refractivity (Wildman–Crippen MR) is 150 cm³/mol. The molecule has 11 heteroatoms. The lowest BCUT2D eigenvalue weighted by Crippen LogP contribution is -2.50. The van der Waals surface area contributed by atoms with Gasteiger partial charge >= 0.3 is 0 Å². The molecule has 10 nitrogen and oxygen atoms in total. The second-order valence-corrected chi connectivity index (χ2v) is 12.0. The number of ether oxygens (including phenoxy) is 1. The van der Waals surface area contributed by atoms with E-state index >= 15 is 0 Å². The molecular weight excluding hydrogens is 516 g/mol. The molecule has 39 heavy (non-hydrogen) atoms. The van der Waals surface area contributed by atoms with Gasteiger partial charge in [-0.3, -0.25) is 14.2 Å². The van der Waals surface area contributed by atoms with Gasteiger partial charge in [0.25, 0.3) is 10.1 Å². The Morgan fingerprint density at radius 3 is 2.67 bits per heavy atom. The third kappa shape index (κ3) is 4.97. The maximum atomic E-state index is 11.6. The zero-order valence-corrected chi connectivity index (χ0v) is 23.3. The van der Waals surface area contributed by atoms with Gasteiger partial charge in [0, 0.05) is 55.6 Å². The van der Waals surface area contributed by atoms with Crippen molar-refractivity contribution in [3.05, 3.63) is 53.7 Å². The third-order valence-electron chi connectivity index (χ3n) is 7.81. The quantitative estimate of drug-likeness (QED) is 0.361. The van der Waals surface area contributed by atoms with Gasteiger partial charge in [0.1, 0.15) is 28.5 Å². The Kier molecular flexibility index (Phi) is 6.52. The van der Waals surface area contributed by atoms with Crippen molar-refractivity contribution in [2.24, 2.45) is 0 Å². The first kappa shape index (κ1) is 25.7. The number of rotatable bonds is 6. The Morgan fingerprint density at radius 1 is 1.08 bits per heavy atom. The van der Waals surface area contributed by atoms with Crippen molar-refractivity contribution in [1.29, 1.82) is 0 Å². The van der Waals surface area contributed by atoms with E-state index in [0.717, 1.165) is 70.8 Å². The number of hydrogen-bond acceptors (Lipinski definition) is 9. The highest BCUT2D eigenvalue weighted by Crippen LogP contribution is 2.36. The number of aromatic amines is 1. The van der Waals surface area contributed by atoms with Crippen molar-refractivity contribution >= 4 is 27.0 Å². The molecule has 6 rings (SSSR count). The molecule has 2 saturated heterocycles. The molecule has 2 atom stereocenters. The van der Waals surface area contributed by atoms with Crippen molar-refractivity contribution in [3.63, 3.8) is 0 Å². The van der Waals surface area contributed by atoms with Crippen molar-refractivity contribution in [1.82, 2.24) is 25.1 Å². The summed E-state index contributed by atoms with van der Waals surface area (Å²) in [5, 5.41) is 7.67. The Bertz CT molecular complexity index is 1640. The van der Waals surface area contributed by atoms with Crippen molar-refractivity contribution in [2.45, 2.75) is 32.4 Å². The van der Waals surface area contributed by atoms with Crippen LogP contribution in [0.5, 0.6) is 5.75 Å². The summed E-state index contributed by atoms with van der Waals surface area (Å²) in [7, 11) is -1.80. The number of H-pyrrole nitrogens is 1. The van der Waals surface area contributed by atoms with Gasteiger partial charge in [0.2, 0.25) is 0 Å². The molecule has 2 aliphatic heterocycles. The Morgan fingerprint density at radius 2 is 1.92 bits per heavy atom. The Balaban J connectivity index is 1.26. The van der Waals surface area contributed by atoms with Crippen LogP contribution >= 0.6 is 0 Å². The summed E-state index contributed by atoms with van der Waals surface area (Å²) in [4.78, 5) is 14.3. The number of nitrogens with zero attached hydrogens (tertiary/aromatic N) is 5. The number of hydrogen-bond donors (Lipinski definition) is 1. The first-order valence-corrected chi connectivity index (χ1v) is 14.8. The lowest BCUT2D eigenvalue weighted by molar-refractivity contribution is 0.198. The molecule has 4 aromatic rings. The van der Waals surface area contributed by atoms with Gasteiger partial charge < -0.3 is 9.64 Å². The van der Waals surface area contributed by atoms with E-state index in [1.54, 1.807) is 7.11 Å². The minimum atomic E-state index is -3.46. The second-order valence-electron chi connectivity index (χ2n) is 10.4. The number of fused-ring (bicyclic) bond motifs is 2. The predicted octanol–water partition coefficient (Wildman–Crippen LogP) is 3.55. The highest BCUT2D eigenvalue weighted by atomic mass is 32.2.